The standard InChI is InChI=1S/C20H22N6/c1-14-7-8-20-23-19(13-25(20)11-14)10-21-18-6-4-5-17(9-18)12-26-16(3)22-15(2)24-26/h4-9,11,13,21H,10,12H2,1-3H3. The molecule has 0 atom stereocenters. The summed E-state index contributed by atoms with van der Waals surface area (Å²) in [6.45, 7) is 7.38. The molecule has 4 rings (SSSR count). The maximum Gasteiger partial charge on any atom is 0.147 e. The number of hydrogen-bond donors (Lipinski definition) is 1. The SMILES string of the molecule is Cc1ccc2nc(CNc3cccc(Cn4nc(C)nc4C)c3)cn2c1. The molecule has 26 heavy (non-hydrogen) atoms. The molecule has 0 aliphatic carbocycles. The van der Waals surface area contributed by atoms with Gasteiger partial charge in [-0.2, -0.15) is 5.10 Å². The van der Waals surface area contributed by atoms with E-state index in [1.807, 2.05) is 24.6 Å². The highest BCUT2D eigenvalue weighted by Crippen LogP contribution is 2.14. The van der Waals surface area contributed by atoms with Crippen molar-refractivity contribution in [3.63, 3.8) is 0 Å². The zero-order valence-corrected chi connectivity index (χ0v) is 15.3. The molecule has 6 nitrogen and oxygen atoms in total. The number of nitrogens with one attached hydrogen (secondary N) is 1. The fourth-order valence-electron chi connectivity index (χ4n) is 3.10. The molecule has 4 aromatic rings. The van der Waals surface area contributed by atoms with Gasteiger partial charge >= 0.3 is 0 Å². The molecule has 0 saturated heterocycles. The summed E-state index contributed by atoms with van der Waals surface area (Å²) in [6, 6.07) is 12.5. The number of nitrogens with zero attached hydrogens (tertiary/aromatic N) is 5. The first-order chi connectivity index (χ1) is 12.6. The Morgan fingerprint density at radius 2 is 1.88 bits per heavy atom. The highest BCUT2D eigenvalue weighted by Gasteiger charge is 2.05. The number of pyridine rings is 1. The molecular weight excluding hydrogens is 324 g/mol. The Morgan fingerprint density at radius 3 is 2.69 bits per heavy atom. The van der Waals surface area contributed by atoms with E-state index in [4.69, 9.17) is 0 Å². The fourth-order valence-corrected chi connectivity index (χ4v) is 3.10. The van der Waals surface area contributed by atoms with E-state index in [1.54, 1.807) is 0 Å². The van der Waals surface area contributed by atoms with Gasteiger partial charge in [0, 0.05) is 18.1 Å². The van der Waals surface area contributed by atoms with Crippen LogP contribution in [0, 0.1) is 20.8 Å². The smallest absolute Gasteiger partial charge is 0.147 e. The molecule has 132 valence electrons. The van der Waals surface area contributed by atoms with Gasteiger partial charge in [0.25, 0.3) is 0 Å². The molecule has 0 saturated carbocycles. The third-order valence-corrected chi connectivity index (χ3v) is 4.34. The summed E-state index contributed by atoms with van der Waals surface area (Å²) in [5, 5.41) is 7.89. The van der Waals surface area contributed by atoms with E-state index >= 15 is 0 Å². The lowest BCUT2D eigenvalue weighted by Crippen LogP contribution is -2.05. The number of imidazole rings is 1. The highest BCUT2D eigenvalue weighted by molar-refractivity contribution is 5.47. The van der Waals surface area contributed by atoms with Crippen LogP contribution in [0.5, 0.6) is 0 Å². The molecule has 0 bridgehead atoms. The van der Waals surface area contributed by atoms with E-state index in [1.165, 1.54) is 11.1 Å². The van der Waals surface area contributed by atoms with Crippen LogP contribution in [-0.2, 0) is 13.1 Å². The molecule has 0 aliphatic heterocycles. The predicted molar refractivity (Wildman–Crippen MR) is 102 cm³/mol. The number of aryl methyl sites for hydroxylation is 3. The number of fused-ring (bicyclic) bond motifs is 1. The van der Waals surface area contributed by atoms with Crippen molar-refractivity contribution < 1.29 is 0 Å². The van der Waals surface area contributed by atoms with Crippen LogP contribution >= 0.6 is 0 Å². The predicted octanol–water partition coefficient (Wildman–Crippen LogP) is 3.51. The van der Waals surface area contributed by atoms with Crippen LogP contribution in [0.25, 0.3) is 5.65 Å². The first-order valence-corrected chi connectivity index (χ1v) is 8.72. The van der Waals surface area contributed by atoms with Gasteiger partial charge in [-0.1, -0.05) is 18.2 Å². The summed E-state index contributed by atoms with van der Waals surface area (Å²) in [6.07, 6.45) is 4.16. The molecular formula is C20H22N6. The summed E-state index contributed by atoms with van der Waals surface area (Å²) in [7, 11) is 0. The van der Waals surface area contributed by atoms with Crippen LogP contribution in [0.15, 0.2) is 48.8 Å². The number of aromatic nitrogens is 5. The number of hydrogen-bond acceptors (Lipinski definition) is 4. The Kier molecular flexibility index (Phi) is 4.16. The normalized spacial score (nSPS) is 11.2. The largest absolute Gasteiger partial charge is 0.379 e. The molecule has 1 aromatic carbocycles. The van der Waals surface area contributed by atoms with Crippen molar-refractivity contribution in [3.8, 4) is 0 Å². The van der Waals surface area contributed by atoms with E-state index in [0.29, 0.717) is 6.54 Å². The van der Waals surface area contributed by atoms with Gasteiger partial charge in [0.2, 0.25) is 0 Å². The molecule has 1 N–H and O–H groups in total. The molecule has 0 fully saturated rings. The molecule has 0 unspecified atom stereocenters. The van der Waals surface area contributed by atoms with Crippen LogP contribution in [0.2, 0.25) is 0 Å². The Morgan fingerprint density at radius 1 is 1.00 bits per heavy atom. The second kappa shape index (κ2) is 6.63. The third kappa shape index (κ3) is 3.44. The minimum atomic E-state index is 0.686. The lowest BCUT2D eigenvalue weighted by Gasteiger charge is -2.08. The van der Waals surface area contributed by atoms with Gasteiger partial charge < -0.3 is 9.72 Å². The second-order valence-corrected chi connectivity index (χ2v) is 6.62. The van der Waals surface area contributed by atoms with Crippen LogP contribution in [-0.4, -0.2) is 24.1 Å². The molecule has 3 aromatic heterocycles. The van der Waals surface area contributed by atoms with E-state index in [0.717, 1.165) is 35.2 Å². The Labute approximate surface area is 152 Å². The van der Waals surface area contributed by atoms with Crippen molar-refractivity contribution >= 4 is 11.3 Å². The van der Waals surface area contributed by atoms with Gasteiger partial charge in [0.15, 0.2) is 0 Å². The molecule has 6 heteroatoms. The maximum atomic E-state index is 4.65. The third-order valence-electron chi connectivity index (χ3n) is 4.34. The minimum absolute atomic E-state index is 0.686. The van der Waals surface area contributed by atoms with Crippen molar-refractivity contribution in [3.05, 3.63) is 77.3 Å². The average molecular weight is 346 g/mol. The minimum Gasteiger partial charge on any atom is -0.379 e. The first-order valence-electron chi connectivity index (χ1n) is 8.72. The lowest BCUT2D eigenvalue weighted by molar-refractivity contribution is 0.656. The summed E-state index contributed by atoms with van der Waals surface area (Å²) in [4.78, 5) is 9.01. The number of benzene rings is 1. The van der Waals surface area contributed by atoms with E-state index in [9.17, 15) is 0 Å². The zero-order chi connectivity index (χ0) is 18.1. The molecule has 0 radical (unpaired) electrons. The zero-order valence-electron chi connectivity index (χ0n) is 15.3. The lowest BCUT2D eigenvalue weighted by atomic mass is 10.2. The fraction of sp³-hybridized carbons (Fsp3) is 0.250. The van der Waals surface area contributed by atoms with Gasteiger partial charge in [-0.25, -0.2) is 14.6 Å². The second-order valence-electron chi connectivity index (χ2n) is 6.62. The van der Waals surface area contributed by atoms with Crippen LogP contribution in [0.3, 0.4) is 0 Å². The van der Waals surface area contributed by atoms with E-state index < -0.39 is 0 Å². The summed E-state index contributed by atoms with van der Waals surface area (Å²) < 4.78 is 4.00. The average Bonchev–Trinajstić information content (AvgIpc) is 3.15. The van der Waals surface area contributed by atoms with Crippen molar-refractivity contribution in [2.45, 2.75) is 33.9 Å². The van der Waals surface area contributed by atoms with Crippen LogP contribution in [0.1, 0.15) is 28.5 Å². The summed E-state index contributed by atoms with van der Waals surface area (Å²) in [5.74, 6) is 1.74. The number of anilines is 1. The topological polar surface area (TPSA) is 60.0 Å². The van der Waals surface area contributed by atoms with E-state index in [2.05, 4.69) is 74.4 Å². The summed E-state index contributed by atoms with van der Waals surface area (Å²) in [5.41, 5.74) is 5.47. The van der Waals surface area contributed by atoms with Gasteiger partial charge in [0.1, 0.15) is 17.3 Å². The van der Waals surface area contributed by atoms with Crippen molar-refractivity contribution in [2.75, 3.05) is 5.32 Å². The first kappa shape index (κ1) is 16.3. The van der Waals surface area contributed by atoms with Crippen LogP contribution in [0.4, 0.5) is 5.69 Å². The van der Waals surface area contributed by atoms with Gasteiger partial charge in [-0.05, 0) is 50.1 Å². The van der Waals surface area contributed by atoms with Crippen molar-refractivity contribution in [1.82, 2.24) is 24.1 Å². The monoisotopic (exact) mass is 346 g/mol. The highest BCUT2D eigenvalue weighted by atomic mass is 15.3. The molecule has 0 spiro atoms. The quantitative estimate of drug-likeness (QED) is 0.601. The number of rotatable bonds is 5. The Balaban J connectivity index is 1.47. The van der Waals surface area contributed by atoms with Crippen LogP contribution < -0.4 is 5.32 Å². The molecule has 0 aliphatic rings. The van der Waals surface area contributed by atoms with Gasteiger partial charge in [-0.3, -0.25) is 0 Å². The van der Waals surface area contributed by atoms with Gasteiger partial charge in [-0.15, -0.1) is 0 Å². The molecule has 0 amide bonds. The van der Waals surface area contributed by atoms with E-state index in [-0.39, 0.29) is 0 Å². The molecule has 3 heterocycles. The Bertz CT molecular complexity index is 1060. The van der Waals surface area contributed by atoms with Crippen molar-refractivity contribution in [2.24, 2.45) is 0 Å². The maximum absolute atomic E-state index is 4.65. The van der Waals surface area contributed by atoms with Crippen molar-refractivity contribution in [1.29, 1.82) is 0 Å². The Hall–Kier alpha value is -3.15. The van der Waals surface area contributed by atoms with Gasteiger partial charge in [0.05, 0.1) is 18.8 Å². The summed E-state index contributed by atoms with van der Waals surface area (Å²) >= 11 is 0.